The average molecular weight is 341 g/mol. The van der Waals surface area contributed by atoms with Crippen molar-refractivity contribution in [2.75, 3.05) is 33.8 Å². The van der Waals surface area contributed by atoms with Gasteiger partial charge in [0.25, 0.3) is 5.91 Å². The first-order chi connectivity index (χ1) is 12.1. The van der Waals surface area contributed by atoms with Crippen molar-refractivity contribution in [2.24, 2.45) is 0 Å². The highest BCUT2D eigenvalue weighted by atomic mass is 16.5. The molecule has 1 aromatic heterocycles. The van der Waals surface area contributed by atoms with E-state index in [1.54, 1.807) is 11.0 Å². The lowest BCUT2D eigenvalue weighted by atomic mass is 9.97. The fourth-order valence-corrected chi connectivity index (χ4v) is 3.22. The van der Waals surface area contributed by atoms with Gasteiger partial charge in [-0.05, 0) is 31.8 Å². The molecule has 0 radical (unpaired) electrons. The van der Waals surface area contributed by atoms with Crippen LogP contribution in [0.4, 0.5) is 0 Å². The van der Waals surface area contributed by atoms with Crippen LogP contribution in [0.3, 0.4) is 0 Å². The van der Waals surface area contributed by atoms with Gasteiger partial charge >= 0.3 is 0 Å². The molecule has 0 aliphatic carbocycles. The van der Waals surface area contributed by atoms with Crippen LogP contribution in [0.2, 0.25) is 0 Å². The summed E-state index contributed by atoms with van der Waals surface area (Å²) in [7, 11) is 3.97. The minimum absolute atomic E-state index is 0.0777. The summed E-state index contributed by atoms with van der Waals surface area (Å²) in [6.45, 7) is 1.61. The van der Waals surface area contributed by atoms with Gasteiger partial charge in [-0.25, -0.2) is 4.98 Å². The van der Waals surface area contributed by atoms with Gasteiger partial charge in [-0.15, -0.1) is 0 Å². The monoisotopic (exact) mass is 341 g/mol. The number of morpholine rings is 1. The van der Waals surface area contributed by atoms with E-state index < -0.39 is 0 Å². The lowest BCUT2D eigenvalue weighted by Crippen LogP contribution is -2.51. The Morgan fingerprint density at radius 3 is 2.72 bits per heavy atom. The van der Waals surface area contributed by atoms with Gasteiger partial charge in [0.1, 0.15) is 5.75 Å². The van der Waals surface area contributed by atoms with Gasteiger partial charge < -0.3 is 19.6 Å². The number of hydrogen-bond acceptors (Lipinski definition) is 5. The molecule has 0 bridgehead atoms. The molecule has 25 heavy (non-hydrogen) atoms. The summed E-state index contributed by atoms with van der Waals surface area (Å²) in [5.41, 5.74) is 1.09. The van der Waals surface area contributed by atoms with Crippen LogP contribution >= 0.6 is 0 Å². The molecule has 2 aromatic rings. The molecule has 1 aromatic carbocycles. The molecule has 1 fully saturated rings. The largest absolute Gasteiger partial charge is 0.505 e. The van der Waals surface area contributed by atoms with Gasteiger partial charge in [0, 0.05) is 19.3 Å². The second-order valence-corrected chi connectivity index (χ2v) is 6.40. The molecule has 1 aliphatic rings. The summed E-state index contributed by atoms with van der Waals surface area (Å²) in [6.07, 6.45) is 1.36. The number of benzene rings is 1. The Morgan fingerprint density at radius 1 is 1.28 bits per heavy atom. The standard InChI is InChI=1S/C19H23N3O3/c1-21(2)13-16-18(14-7-4-3-5-8-14)22(11-12-25-16)19(24)17-15(23)9-6-10-20-17/h3-10,16,18,23H,11-13H2,1-2H3/t16-,18-/m0/s1. The van der Waals surface area contributed by atoms with Crippen molar-refractivity contribution in [1.29, 1.82) is 0 Å². The Labute approximate surface area is 147 Å². The highest BCUT2D eigenvalue weighted by Crippen LogP contribution is 2.32. The number of carbonyl (C=O) groups excluding carboxylic acids is 1. The third-order valence-corrected chi connectivity index (χ3v) is 4.29. The molecule has 6 nitrogen and oxygen atoms in total. The first-order valence-corrected chi connectivity index (χ1v) is 8.34. The first kappa shape index (κ1) is 17.4. The molecule has 0 spiro atoms. The van der Waals surface area contributed by atoms with Crippen molar-refractivity contribution in [3.8, 4) is 5.75 Å². The lowest BCUT2D eigenvalue weighted by Gasteiger charge is -2.42. The minimum atomic E-state index is -0.279. The number of amides is 1. The van der Waals surface area contributed by atoms with Crippen LogP contribution in [0.5, 0.6) is 5.75 Å². The van der Waals surface area contributed by atoms with Crippen molar-refractivity contribution in [3.63, 3.8) is 0 Å². The molecule has 1 aliphatic heterocycles. The number of carbonyl (C=O) groups is 1. The maximum atomic E-state index is 13.1. The summed E-state index contributed by atoms with van der Waals surface area (Å²) in [5.74, 6) is -0.381. The number of nitrogens with zero attached hydrogens (tertiary/aromatic N) is 3. The lowest BCUT2D eigenvalue weighted by molar-refractivity contribution is -0.0686. The Hall–Kier alpha value is -2.44. The molecule has 1 N–H and O–H groups in total. The number of aromatic hydroxyl groups is 1. The van der Waals surface area contributed by atoms with E-state index in [1.807, 2.05) is 49.3 Å². The van der Waals surface area contributed by atoms with Crippen LogP contribution in [0.1, 0.15) is 22.1 Å². The van der Waals surface area contributed by atoms with Gasteiger partial charge in [0.15, 0.2) is 5.69 Å². The zero-order valence-corrected chi connectivity index (χ0v) is 14.5. The Kier molecular flexibility index (Phi) is 5.31. The maximum absolute atomic E-state index is 13.1. The van der Waals surface area contributed by atoms with E-state index in [-0.39, 0.29) is 29.5 Å². The fourth-order valence-electron chi connectivity index (χ4n) is 3.22. The van der Waals surface area contributed by atoms with Crippen LogP contribution in [0, 0.1) is 0 Å². The molecule has 2 atom stereocenters. The van der Waals surface area contributed by atoms with Crippen LogP contribution in [-0.2, 0) is 4.74 Å². The normalized spacial score (nSPS) is 20.7. The molecule has 132 valence electrons. The molecule has 2 heterocycles. The zero-order chi connectivity index (χ0) is 17.8. The number of likely N-dealkylation sites (N-methyl/N-ethyl adjacent to an activating group) is 1. The van der Waals surface area contributed by atoms with E-state index in [4.69, 9.17) is 4.74 Å². The molecule has 6 heteroatoms. The Balaban J connectivity index is 1.97. The average Bonchev–Trinajstić information content (AvgIpc) is 2.61. The van der Waals surface area contributed by atoms with Crippen LogP contribution in [0.15, 0.2) is 48.7 Å². The van der Waals surface area contributed by atoms with Crippen molar-refractivity contribution < 1.29 is 14.6 Å². The molecule has 0 unspecified atom stereocenters. The van der Waals surface area contributed by atoms with E-state index in [0.29, 0.717) is 19.7 Å². The van der Waals surface area contributed by atoms with Crippen LogP contribution < -0.4 is 0 Å². The van der Waals surface area contributed by atoms with Crippen molar-refractivity contribution >= 4 is 5.91 Å². The Bertz CT molecular complexity index is 721. The number of ether oxygens (including phenoxy) is 1. The van der Waals surface area contributed by atoms with Gasteiger partial charge in [-0.2, -0.15) is 0 Å². The van der Waals surface area contributed by atoms with Gasteiger partial charge in [0.05, 0.1) is 18.8 Å². The minimum Gasteiger partial charge on any atom is -0.505 e. The topological polar surface area (TPSA) is 65.9 Å². The summed E-state index contributed by atoms with van der Waals surface area (Å²) in [6, 6.07) is 12.7. The van der Waals surface area contributed by atoms with E-state index in [9.17, 15) is 9.90 Å². The first-order valence-electron chi connectivity index (χ1n) is 8.34. The van der Waals surface area contributed by atoms with Gasteiger partial charge in [-0.1, -0.05) is 30.3 Å². The quantitative estimate of drug-likeness (QED) is 0.920. The molecular formula is C19H23N3O3. The zero-order valence-electron chi connectivity index (χ0n) is 14.5. The highest BCUT2D eigenvalue weighted by Gasteiger charge is 2.37. The third kappa shape index (κ3) is 3.81. The van der Waals surface area contributed by atoms with E-state index in [2.05, 4.69) is 4.98 Å². The van der Waals surface area contributed by atoms with Crippen molar-refractivity contribution in [3.05, 3.63) is 59.9 Å². The van der Waals surface area contributed by atoms with Crippen molar-refractivity contribution in [2.45, 2.75) is 12.1 Å². The number of rotatable bonds is 4. The third-order valence-electron chi connectivity index (χ3n) is 4.29. The van der Waals surface area contributed by atoms with E-state index >= 15 is 0 Å². The summed E-state index contributed by atoms with van der Waals surface area (Å²) < 4.78 is 5.98. The second-order valence-electron chi connectivity index (χ2n) is 6.40. The number of hydrogen-bond donors (Lipinski definition) is 1. The van der Waals surface area contributed by atoms with Gasteiger partial charge in [-0.3, -0.25) is 4.79 Å². The van der Waals surface area contributed by atoms with Crippen molar-refractivity contribution in [1.82, 2.24) is 14.8 Å². The maximum Gasteiger partial charge on any atom is 0.276 e. The molecule has 0 saturated carbocycles. The Morgan fingerprint density at radius 2 is 2.04 bits per heavy atom. The fraction of sp³-hybridized carbons (Fsp3) is 0.368. The molecule has 1 saturated heterocycles. The number of pyridine rings is 1. The van der Waals surface area contributed by atoms with E-state index in [0.717, 1.165) is 5.56 Å². The summed E-state index contributed by atoms with van der Waals surface area (Å²) >= 11 is 0. The van der Waals surface area contributed by atoms with Crippen LogP contribution in [-0.4, -0.2) is 65.7 Å². The molecular weight excluding hydrogens is 318 g/mol. The summed E-state index contributed by atoms with van der Waals surface area (Å²) in [4.78, 5) is 21.0. The predicted octanol–water partition coefficient (Wildman–Crippen LogP) is 1.93. The second kappa shape index (κ2) is 7.63. The highest BCUT2D eigenvalue weighted by molar-refractivity contribution is 5.95. The van der Waals surface area contributed by atoms with E-state index in [1.165, 1.54) is 12.3 Å². The summed E-state index contributed by atoms with van der Waals surface area (Å²) in [5, 5.41) is 10.0. The SMILES string of the molecule is CN(C)C[C@@H]1OCCN(C(=O)c2ncccc2O)[C@H]1c1ccccc1. The van der Waals surface area contributed by atoms with Crippen LogP contribution in [0.25, 0.3) is 0 Å². The number of aromatic nitrogens is 1. The van der Waals surface area contributed by atoms with Gasteiger partial charge in [0.2, 0.25) is 0 Å². The predicted molar refractivity (Wildman–Crippen MR) is 94.4 cm³/mol. The molecule has 1 amide bonds. The smallest absolute Gasteiger partial charge is 0.276 e. The molecule has 3 rings (SSSR count).